The molecule has 114 valence electrons. The zero-order valence-electron chi connectivity index (χ0n) is 12.9. The Kier molecular flexibility index (Phi) is 3.81. The SMILES string of the molecule is CCCN1C2=Cc3ccc(OC)c(OC)c3CC2CC1O. The van der Waals surface area contributed by atoms with Gasteiger partial charge >= 0.3 is 0 Å². The fraction of sp³-hybridized carbons (Fsp3) is 0.529. The average molecular weight is 289 g/mol. The standard InChI is InChI=1S/C17H23NO3/c1-4-7-18-14-9-11-5-6-15(20-2)17(21-3)13(11)8-12(14)10-16(18)19/h5-6,9,12,16,19H,4,7-8,10H2,1-3H3. The third-order valence-corrected chi connectivity index (χ3v) is 4.51. The number of benzene rings is 1. The number of nitrogens with zero attached hydrogens (tertiary/aromatic N) is 1. The lowest BCUT2D eigenvalue weighted by molar-refractivity contribution is 0.0522. The molecule has 1 saturated heterocycles. The minimum atomic E-state index is -0.358. The van der Waals surface area contributed by atoms with E-state index in [1.165, 1.54) is 16.8 Å². The number of ether oxygens (including phenoxy) is 2. The maximum Gasteiger partial charge on any atom is 0.164 e. The molecule has 4 nitrogen and oxygen atoms in total. The van der Waals surface area contributed by atoms with Crippen LogP contribution in [0.4, 0.5) is 0 Å². The fourth-order valence-electron chi connectivity index (χ4n) is 3.57. The second-order valence-corrected chi connectivity index (χ2v) is 5.75. The van der Waals surface area contributed by atoms with E-state index in [9.17, 15) is 5.11 Å². The van der Waals surface area contributed by atoms with Crippen LogP contribution in [0.2, 0.25) is 0 Å². The summed E-state index contributed by atoms with van der Waals surface area (Å²) in [6, 6.07) is 4.03. The van der Waals surface area contributed by atoms with Crippen LogP contribution in [-0.2, 0) is 6.42 Å². The molecule has 1 heterocycles. The number of hydrogen-bond donors (Lipinski definition) is 1. The van der Waals surface area contributed by atoms with Gasteiger partial charge in [0.25, 0.3) is 0 Å². The van der Waals surface area contributed by atoms with Crippen molar-refractivity contribution in [1.29, 1.82) is 0 Å². The first-order valence-electron chi connectivity index (χ1n) is 7.59. The molecule has 0 spiro atoms. The van der Waals surface area contributed by atoms with Crippen LogP contribution < -0.4 is 9.47 Å². The van der Waals surface area contributed by atoms with Crippen LogP contribution in [0.5, 0.6) is 11.5 Å². The Morgan fingerprint density at radius 1 is 1.29 bits per heavy atom. The van der Waals surface area contributed by atoms with Crippen LogP contribution in [0.1, 0.15) is 30.9 Å². The fourth-order valence-corrected chi connectivity index (χ4v) is 3.57. The van der Waals surface area contributed by atoms with Crippen molar-refractivity contribution in [3.8, 4) is 11.5 Å². The monoisotopic (exact) mass is 289 g/mol. The van der Waals surface area contributed by atoms with Crippen molar-refractivity contribution in [3.05, 3.63) is 29.0 Å². The smallest absolute Gasteiger partial charge is 0.164 e. The van der Waals surface area contributed by atoms with Gasteiger partial charge in [-0.05, 0) is 30.5 Å². The van der Waals surface area contributed by atoms with Crippen molar-refractivity contribution in [1.82, 2.24) is 4.90 Å². The summed E-state index contributed by atoms with van der Waals surface area (Å²) in [6.45, 7) is 3.05. The van der Waals surface area contributed by atoms with Crippen LogP contribution in [0.25, 0.3) is 6.08 Å². The Labute approximate surface area is 126 Å². The predicted molar refractivity (Wildman–Crippen MR) is 82.3 cm³/mol. The van der Waals surface area contributed by atoms with Gasteiger partial charge in [0.2, 0.25) is 0 Å². The number of fused-ring (bicyclic) bond motifs is 2. The summed E-state index contributed by atoms with van der Waals surface area (Å²) in [6.07, 6.45) is 4.59. The van der Waals surface area contributed by atoms with Gasteiger partial charge < -0.3 is 19.5 Å². The minimum absolute atomic E-state index is 0.358. The van der Waals surface area contributed by atoms with Gasteiger partial charge in [-0.15, -0.1) is 0 Å². The summed E-state index contributed by atoms with van der Waals surface area (Å²) in [5, 5.41) is 10.3. The van der Waals surface area contributed by atoms with Gasteiger partial charge in [0, 0.05) is 30.1 Å². The summed E-state index contributed by atoms with van der Waals surface area (Å²) in [5.74, 6) is 1.98. The average Bonchev–Trinajstić information content (AvgIpc) is 2.79. The summed E-state index contributed by atoms with van der Waals surface area (Å²) >= 11 is 0. The molecule has 1 aliphatic heterocycles. The van der Waals surface area contributed by atoms with E-state index in [4.69, 9.17) is 9.47 Å². The zero-order valence-corrected chi connectivity index (χ0v) is 12.9. The molecule has 2 unspecified atom stereocenters. The number of aliphatic hydroxyl groups excluding tert-OH is 1. The summed E-state index contributed by atoms with van der Waals surface area (Å²) in [5.41, 5.74) is 3.63. The molecular weight excluding hydrogens is 266 g/mol. The highest BCUT2D eigenvalue weighted by Gasteiger charge is 2.37. The molecule has 1 aromatic rings. The van der Waals surface area contributed by atoms with Crippen LogP contribution in [0.15, 0.2) is 17.8 Å². The second-order valence-electron chi connectivity index (χ2n) is 5.75. The molecule has 0 bridgehead atoms. The van der Waals surface area contributed by atoms with E-state index >= 15 is 0 Å². The molecule has 3 rings (SSSR count). The summed E-state index contributed by atoms with van der Waals surface area (Å²) < 4.78 is 10.9. The Morgan fingerprint density at radius 2 is 2.10 bits per heavy atom. The zero-order chi connectivity index (χ0) is 15.0. The highest BCUT2D eigenvalue weighted by atomic mass is 16.5. The lowest BCUT2D eigenvalue weighted by atomic mass is 9.86. The van der Waals surface area contributed by atoms with Gasteiger partial charge in [0.15, 0.2) is 11.5 Å². The van der Waals surface area contributed by atoms with E-state index < -0.39 is 0 Å². The van der Waals surface area contributed by atoms with Crippen molar-refractivity contribution in [3.63, 3.8) is 0 Å². The van der Waals surface area contributed by atoms with Gasteiger partial charge in [-0.2, -0.15) is 0 Å². The van der Waals surface area contributed by atoms with Crippen molar-refractivity contribution in [2.24, 2.45) is 5.92 Å². The van der Waals surface area contributed by atoms with Gasteiger partial charge in [0.1, 0.15) is 6.23 Å². The largest absolute Gasteiger partial charge is 0.493 e. The molecule has 0 amide bonds. The molecule has 1 fully saturated rings. The number of methoxy groups -OCH3 is 2. The van der Waals surface area contributed by atoms with E-state index in [0.717, 1.165) is 37.3 Å². The van der Waals surface area contributed by atoms with E-state index in [1.807, 2.05) is 6.07 Å². The number of aliphatic hydroxyl groups is 1. The number of allylic oxidation sites excluding steroid dienone is 1. The van der Waals surface area contributed by atoms with Crippen molar-refractivity contribution < 1.29 is 14.6 Å². The molecular formula is C17H23NO3. The summed E-state index contributed by atoms with van der Waals surface area (Å²) in [4.78, 5) is 2.14. The number of rotatable bonds is 4. The Morgan fingerprint density at radius 3 is 2.76 bits per heavy atom. The van der Waals surface area contributed by atoms with E-state index in [2.05, 4.69) is 24.0 Å². The molecule has 0 radical (unpaired) electrons. The summed E-state index contributed by atoms with van der Waals surface area (Å²) in [7, 11) is 3.35. The maximum atomic E-state index is 10.3. The minimum Gasteiger partial charge on any atom is -0.493 e. The third-order valence-electron chi connectivity index (χ3n) is 4.51. The molecule has 1 aliphatic carbocycles. The van der Waals surface area contributed by atoms with E-state index in [-0.39, 0.29) is 6.23 Å². The molecule has 2 atom stereocenters. The second kappa shape index (κ2) is 5.60. The Balaban J connectivity index is 2.03. The van der Waals surface area contributed by atoms with Crippen LogP contribution >= 0.6 is 0 Å². The maximum absolute atomic E-state index is 10.3. The molecule has 0 aromatic heterocycles. The highest BCUT2D eigenvalue weighted by molar-refractivity contribution is 5.67. The lowest BCUT2D eigenvalue weighted by Crippen LogP contribution is -2.29. The normalized spacial score (nSPS) is 23.4. The highest BCUT2D eigenvalue weighted by Crippen LogP contribution is 2.45. The lowest BCUT2D eigenvalue weighted by Gasteiger charge is -2.28. The van der Waals surface area contributed by atoms with E-state index in [0.29, 0.717) is 5.92 Å². The topological polar surface area (TPSA) is 41.9 Å². The van der Waals surface area contributed by atoms with E-state index in [1.54, 1.807) is 14.2 Å². The molecule has 0 saturated carbocycles. The first-order valence-corrected chi connectivity index (χ1v) is 7.59. The number of hydrogen-bond acceptors (Lipinski definition) is 4. The Bertz CT molecular complexity index is 567. The van der Waals surface area contributed by atoms with Crippen LogP contribution in [0, 0.1) is 5.92 Å². The van der Waals surface area contributed by atoms with Gasteiger partial charge in [-0.25, -0.2) is 0 Å². The molecule has 21 heavy (non-hydrogen) atoms. The predicted octanol–water partition coefficient (Wildman–Crippen LogP) is 2.65. The van der Waals surface area contributed by atoms with Crippen molar-refractivity contribution in [2.45, 2.75) is 32.4 Å². The third kappa shape index (κ3) is 2.27. The van der Waals surface area contributed by atoms with Gasteiger partial charge in [-0.3, -0.25) is 0 Å². The van der Waals surface area contributed by atoms with Gasteiger partial charge in [-0.1, -0.05) is 13.0 Å². The quantitative estimate of drug-likeness (QED) is 0.925. The number of likely N-dealkylation sites (tertiary alicyclic amines) is 1. The van der Waals surface area contributed by atoms with Crippen molar-refractivity contribution >= 4 is 6.08 Å². The van der Waals surface area contributed by atoms with Crippen molar-refractivity contribution in [2.75, 3.05) is 20.8 Å². The first kappa shape index (κ1) is 14.3. The molecule has 1 N–H and O–H groups in total. The molecule has 4 heteroatoms. The first-order chi connectivity index (χ1) is 10.2. The van der Waals surface area contributed by atoms with Crippen LogP contribution in [0.3, 0.4) is 0 Å². The van der Waals surface area contributed by atoms with Gasteiger partial charge in [0.05, 0.1) is 14.2 Å². The molecule has 2 aliphatic rings. The van der Waals surface area contributed by atoms with Crippen LogP contribution in [-0.4, -0.2) is 37.0 Å². The molecule has 1 aromatic carbocycles. The Hall–Kier alpha value is -1.68.